The van der Waals surface area contributed by atoms with Gasteiger partial charge < -0.3 is 31.3 Å². The van der Waals surface area contributed by atoms with Gasteiger partial charge in [-0.1, -0.05) is 18.2 Å². The summed E-state index contributed by atoms with van der Waals surface area (Å²) in [7, 11) is 0. The van der Waals surface area contributed by atoms with Gasteiger partial charge >= 0.3 is 5.97 Å². The SMILES string of the molecule is Nc1ccc(N(c2ccc(C(=O)Oc3cccc4cccnc34)cc2)c2ccc(N)c(O)c2)cc1O. The monoisotopic (exact) mass is 478 g/mol. The average molecular weight is 479 g/mol. The van der Waals surface area contributed by atoms with E-state index in [2.05, 4.69) is 4.98 Å². The minimum atomic E-state index is -0.526. The number of ether oxygens (including phenoxy) is 1. The number of pyridine rings is 1. The molecule has 5 rings (SSSR count). The molecule has 0 aliphatic heterocycles. The van der Waals surface area contributed by atoms with Gasteiger partial charge in [0.05, 0.1) is 16.9 Å². The van der Waals surface area contributed by atoms with Gasteiger partial charge in [0, 0.05) is 40.8 Å². The van der Waals surface area contributed by atoms with Crippen LogP contribution in [0.15, 0.2) is 97.2 Å². The van der Waals surface area contributed by atoms with Crippen molar-refractivity contribution in [1.29, 1.82) is 0 Å². The van der Waals surface area contributed by atoms with Gasteiger partial charge in [0.1, 0.15) is 17.0 Å². The number of phenols is 2. The highest BCUT2D eigenvalue weighted by atomic mass is 16.5. The lowest BCUT2D eigenvalue weighted by Gasteiger charge is -2.26. The number of para-hydroxylation sites is 1. The van der Waals surface area contributed by atoms with Crippen molar-refractivity contribution in [3.05, 3.63) is 103 Å². The standard InChI is InChI=1S/C28H22N4O4/c29-22-12-10-20(15-24(22)33)32(21-11-13-23(30)25(34)16-21)19-8-6-18(7-9-19)28(35)36-26-5-1-3-17-4-2-14-31-27(17)26/h1-16,33-34H,29-30H2. The number of carbonyl (C=O) groups excluding carboxylic acids is 1. The summed E-state index contributed by atoms with van der Waals surface area (Å²) in [5.74, 6) is -0.317. The van der Waals surface area contributed by atoms with Gasteiger partial charge in [-0.25, -0.2) is 4.79 Å². The second-order valence-electron chi connectivity index (χ2n) is 8.09. The summed E-state index contributed by atoms with van der Waals surface area (Å²) < 4.78 is 5.63. The van der Waals surface area contributed by atoms with E-state index in [9.17, 15) is 15.0 Å². The first-order valence-electron chi connectivity index (χ1n) is 11.0. The third-order valence-corrected chi connectivity index (χ3v) is 5.70. The minimum Gasteiger partial charge on any atom is -0.506 e. The van der Waals surface area contributed by atoms with Crippen molar-refractivity contribution in [3.8, 4) is 17.2 Å². The quantitative estimate of drug-likeness (QED) is 0.113. The van der Waals surface area contributed by atoms with Gasteiger partial charge in [-0.05, 0) is 60.7 Å². The molecule has 178 valence electrons. The summed E-state index contributed by atoms with van der Waals surface area (Å²) in [6, 6.07) is 25.5. The van der Waals surface area contributed by atoms with Crippen LogP contribution in [0.3, 0.4) is 0 Å². The zero-order valence-electron chi connectivity index (χ0n) is 19.0. The summed E-state index contributed by atoms with van der Waals surface area (Å²) in [4.78, 5) is 19.0. The highest BCUT2D eigenvalue weighted by Crippen LogP contribution is 2.39. The Morgan fingerprint density at radius 3 is 1.94 bits per heavy atom. The Balaban J connectivity index is 1.48. The predicted octanol–water partition coefficient (Wildman–Crippen LogP) is 5.50. The molecule has 0 aliphatic rings. The zero-order valence-corrected chi connectivity index (χ0v) is 19.0. The number of fused-ring (bicyclic) bond motifs is 1. The van der Waals surface area contributed by atoms with Crippen molar-refractivity contribution in [2.24, 2.45) is 0 Å². The first kappa shape index (κ1) is 22.5. The van der Waals surface area contributed by atoms with Gasteiger partial charge in [-0.15, -0.1) is 0 Å². The maximum absolute atomic E-state index is 12.9. The zero-order chi connectivity index (χ0) is 25.2. The van der Waals surface area contributed by atoms with E-state index in [0.29, 0.717) is 33.9 Å². The van der Waals surface area contributed by atoms with Crippen molar-refractivity contribution in [3.63, 3.8) is 0 Å². The smallest absolute Gasteiger partial charge is 0.343 e. The molecule has 0 bridgehead atoms. The Bertz CT molecular complexity index is 1530. The Hall–Kier alpha value is -5.24. The molecule has 1 aromatic heterocycles. The fourth-order valence-corrected chi connectivity index (χ4v) is 3.85. The van der Waals surface area contributed by atoms with E-state index < -0.39 is 5.97 Å². The molecular formula is C28H22N4O4. The Morgan fingerprint density at radius 2 is 1.33 bits per heavy atom. The number of hydrogen-bond donors (Lipinski definition) is 4. The fraction of sp³-hybridized carbons (Fsp3) is 0. The van der Waals surface area contributed by atoms with Gasteiger partial charge in [-0.2, -0.15) is 0 Å². The topological polar surface area (TPSA) is 135 Å². The van der Waals surface area contributed by atoms with E-state index in [1.165, 1.54) is 12.1 Å². The van der Waals surface area contributed by atoms with E-state index in [1.54, 1.807) is 71.8 Å². The lowest BCUT2D eigenvalue weighted by Crippen LogP contribution is -2.12. The summed E-state index contributed by atoms with van der Waals surface area (Å²) in [5, 5.41) is 21.2. The van der Waals surface area contributed by atoms with Crippen LogP contribution in [0.4, 0.5) is 28.4 Å². The molecule has 8 nitrogen and oxygen atoms in total. The Kier molecular flexibility index (Phi) is 5.75. The molecule has 1 heterocycles. The maximum Gasteiger partial charge on any atom is 0.343 e. The van der Waals surface area contributed by atoms with Crippen molar-refractivity contribution in [2.45, 2.75) is 0 Å². The Morgan fingerprint density at radius 1 is 0.750 bits per heavy atom. The molecule has 0 radical (unpaired) electrons. The lowest BCUT2D eigenvalue weighted by molar-refractivity contribution is 0.0737. The molecule has 0 atom stereocenters. The molecule has 0 saturated heterocycles. The molecule has 5 aromatic rings. The number of nitrogens with two attached hydrogens (primary N) is 2. The van der Waals surface area contributed by atoms with Crippen LogP contribution in [0.5, 0.6) is 17.2 Å². The van der Waals surface area contributed by atoms with Crippen LogP contribution in [-0.4, -0.2) is 21.2 Å². The number of aromatic nitrogens is 1. The number of nitrogen functional groups attached to an aromatic ring is 2. The van der Waals surface area contributed by atoms with Crippen molar-refractivity contribution >= 4 is 45.3 Å². The van der Waals surface area contributed by atoms with E-state index in [4.69, 9.17) is 16.2 Å². The number of nitrogens with zero attached hydrogens (tertiary/aromatic N) is 2. The van der Waals surface area contributed by atoms with Crippen LogP contribution < -0.4 is 21.1 Å². The minimum absolute atomic E-state index is 0.0824. The Labute approximate surface area is 206 Å². The fourth-order valence-electron chi connectivity index (χ4n) is 3.85. The van der Waals surface area contributed by atoms with E-state index in [0.717, 1.165) is 5.39 Å². The molecule has 0 aliphatic carbocycles. The first-order valence-corrected chi connectivity index (χ1v) is 11.0. The first-order chi connectivity index (χ1) is 17.4. The molecule has 0 fully saturated rings. The maximum atomic E-state index is 12.9. The molecule has 0 saturated carbocycles. The van der Waals surface area contributed by atoms with E-state index in [-0.39, 0.29) is 22.9 Å². The highest BCUT2D eigenvalue weighted by molar-refractivity contribution is 5.95. The molecule has 4 aromatic carbocycles. The highest BCUT2D eigenvalue weighted by Gasteiger charge is 2.17. The number of rotatable bonds is 5. The van der Waals surface area contributed by atoms with Gasteiger partial charge in [0.2, 0.25) is 0 Å². The average Bonchev–Trinajstić information content (AvgIpc) is 2.89. The number of esters is 1. The summed E-state index contributed by atoms with van der Waals surface area (Å²) in [6.45, 7) is 0. The largest absolute Gasteiger partial charge is 0.506 e. The molecule has 6 N–H and O–H groups in total. The molecule has 0 amide bonds. The van der Waals surface area contributed by atoms with Gasteiger partial charge in [0.15, 0.2) is 5.75 Å². The van der Waals surface area contributed by atoms with Crippen LogP contribution in [0.1, 0.15) is 10.4 Å². The van der Waals surface area contributed by atoms with Gasteiger partial charge in [-0.3, -0.25) is 4.98 Å². The van der Waals surface area contributed by atoms with E-state index in [1.807, 2.05) is 18.2 Å². The third kappa shape index (κ3) is 4.30. The predicted molar refractivity (Wildman–Crippen MR) is 140 cm³/mol. The molecule has 36 heavy (non-hydrogen) atoms. The second kappa shape index (κ2) is 9.19. The summed E-state index contributed by atoms with van der Waals surface area (Å²) in [6.07, 6.45) is 1.65. The van der Waals surface area contributed by atoms with Crippen LogP contribution in [0, 0.1) is 0 Å². The number of anilines is 5. The number of phenolic OH excluding ortho intramolecular Hbond substituents is 2. The summed E-state index contributed by atoms with van der Waals surface area (Å²) in [5.41, 5.74) is 14.8. The molecule has 8 heteroatoms. The van der Waals surface area contributed by atoms with Crippen LogP contribution in [-0.2, 0) is 0 Å². The van der Waals surface area contributed by atoms with Crippen molar-refractivity contribution < 1.29 is 19.7 Å². The molecule has 0 unspecified atom stereocenters. The number of aromatic hydroxyl groups is 2. The normalized spacial score (nSPS) is 10.8. The van der Waals surface area contributed by atoms with Crippen LogP contribution >= 0.6 is 0 Å². The second-order valence-corrected chi connectivity index (χ2v) is 8.09. The summed E-state index contributed by atoms with van der Waals surface area (Å²) >= 11 is 0. The van der Waals surface area contributed by atoms with Crippen LogP contribution in [0.2, 0.25) is 0 Å². The van der Waals surface area contributed by atoms with Crippen molar-refractivity contribution in [1.82, 2.24) is 4.98 Å². The van der Waals surface area contributed by atoms with Crippen LogP contribution in [0.25, 0.3) is 10.9 Å². The lowest BCUT2D eigenvalue weighted by atomic mass is 10.1. The number of benzene rings is 4. The third-order valence-electron chi connectivity index (χ3n) is 5.70. The van der Waals surface area contributed by atoms with Crippen molar-refractivity contribution in [2.75, 3.05) is 16.4 Å². The molecule has 0 spiro atoms. The number of hydrogen-bond acceptors (Lipinski definition) is 8. The number of carbonyl (C=O) groups is 1. The van der Waals surface area contributed by atoms with E-state index >= 15 is 0 Å². The van der Waals surface area contributed by atoms with Gasteiger partial charge in [0.25, 0.3) is 0 Å². The molecular weight excluding hydrogens is 456 g/mol.